The van der Waals surface area contributed by atoms with Crippen molar-refractivity contribution in [2.24, 2.45) is 11.1 Å². The molecule has 90 valence electrons. The van der Waals surface area contributed by atoms with Crippen molar-refractivity contribution in [1.82, 2.24) is 0 Å². The van der Waals surface area contributed by atoms with E-state index in [-0.39, 0.29) is 11.5 Å². The fraction of sp³-hybridized carbons (Fsp3) is 0.571. The van der Waals surface area contributed by atoms with E-state index in [9.17, 15) is 5.11 Å². The van der Waals surface area contributed by atoms with Crippen LogP contribution in [0.1, 0.15) is 38.7 Å². The molecule has 1 aromatic rings. The first kappa shape index (κ1) is 13.2. The summed E-state index contributed by atoms with van der Waals surface area (Å²) in [5.74, 6) is 0.363. The van der Waals surface area contributed by atoms with Gasteiger partial charge < -0.3 is 10.8 Å². The Bertz CT molecular complexity index is 308. The molecule has 3 N–H and O–H groups in total. The topological polar surface area (TPSA) is 46.2 Å². The molecule has 0 saturated heterocycles. The fourth-order valence-electron chi connectivity index (χ4n) is 1.71. The average Bonchev–Trinajstić information content (AvgIpc) is 2.30. The minimum atomic E-state index is -0.354. The molecule has 0 amide bonds. The van der Waals surface area contributed by atoms with Crippen LogP contribution in [-0.4, -0.2) is 17.8 Å². The van der Waals surface area contributed by atoms with Crippen molar-refractivity contribution in [3.63, 3.8) is 0 Å². The Hall–Kier alpha value is -0.860. The van der Waals surface area contributed by atoms with E-state index in [4.69, 9.17) is 5.73 Å². The highest BCUT2D eigenvalue weighted by Crippen LogP contribution is 2.28. The van der Waals surface area contributed by atoms with E-state index in [2.05, 4.69) is 19.1 Å². The first-order valence-corrected chi connectivity index (χ1v) is 5.90. The maximum atomic E-state index is 10.1. The van der Waals surface area contributed by atoms with Crippen molar-refractivity contribution in [2.75, 3.05) is 6.54 Å². The molecular weight excluding hydrogens is 198 g/mol. The summed E-state index contributed by atoms with van der Waals surface area (Å²) in [4.78, 5) is 0. The Balaban J connectivity index is 2.62. The minimum Gasteiger partial charge on any atom is -0.392 e. The summed E-state index contributed by atoms with van der Waals surface area (Å²) >= 11 is 0. The molecule has 0 aliphatic heterocycles. The Morgan fingerprint density at radius 2 is 1.81 bits per heavy atom. The molecule has 2 nitrogen and oxygen atoms in total. The van der Waals surface area contributed by atoms with Crippen LogP contribution < -0.4 is 5.73 Å². The molecule has 0 heterocycles. The molecule has 0 spiro atoms. The van der Waals surface area contributed by atoms with Gasteiger partial charge in [0.05, 0.1) is 6.10 Å². The number of aliphatic hydroxyl groups is 1. The lowest BCUT2D eigenvalue weighted by atomic mass is 9.81. The van der Waals surface area contributed by atoms with Crippen LogP contribution in [0, 0.1) is 5.41 Å². The third-order valence-corrected chi connectivity index (χ3v) is 3.37. The van der Waals surface area contributed by atoms with E-state index in [1.807, 2.05) is 32.0 Å². The second-order valence-corrected chi connectivity index (χ2v) is 5.26. The number of benzene rings is 1. The van der Waals surface area contributed by atoms with Crippen molar-refractivity contribution in [3.05, 3.63) is 35.9 Å². The SMILES string of the molecule is CC(CC(O)C(C)(C)CN)c1ccccc1. The number of hydrogen-bond acceptors (Lipinski definition) is 2. The van der Waals surface area contributed by atoms with Crippen molar-refractivity contribution < 1.29 is 5.11 Å². The van der Waals surface area contributed by atoms with Gasteiger partial charge in [0.2, 0.25) is 0 Å². The molecule has 2 atom stereocenters. The van der Waals surface area contributed by atoms with Gasteiger partial charge in [0.1, 0.15) is 0 Å². The lowest BCUT2D eigenvalue weighted by Crippen LogP contribution is -2.37. The molecule has 0 aromatic heterocycles. The van der Waals surface area contributed by atoms with Gasteiger partial charge in [0.15, 0.2) is 0 Å². The van der Waals surface area contributed by atoms with Crippen LogP contribution >= 0.6 is 0 Å². The molecule has 1 rings (SSSR count). The van der Waals surface area contributed by atoms with E-state index in [1.165, 1.54) is 5.56 Å². The first-order chi connectivity index (χ1) is 7.47. The first-order valence-electron chi connectivity index (χ1n) is 5.90. The third kappa shape index (κ3) is 3.32. The number of hydrogen-bond donors (Lipinski definition) is 2. The molecule has 0 radical (unpaired) electrons. The molecule has 0 saturated carbocycles. The van der Waals surface area contributed by atoms with Gasteiger partial charge in [-0.15, -0.1) is 0 Å². The van der Waals surface area contributed by atoms with Crippen molar-refractivity contribution in [2.45, 2.75) is 39.2 Å². The Labute approximate surface area is 98.5 Å². The van der Waals surface area contributed by atoms with Crippen LogP contribution in [0.15, 0.2) is 30.3 Å². The Morgan fingerprint density at radius 3 is 2.31 bits per heavy atom. The van der Waals surface area contributed by atoms with E-state index in [0.717, 1.165) is 6.42 Å². The smallest absolute Gasteiger partial charge is 0.0608 e. The molecular formula is C14H23NO. The van der Waals surface area contributed by atoms with Crippen LogP contribution in [0.2, 0.25) is 0 Å². The van der Waals surface area contributed by atoms with Crippen molar-refractivity contribution >= 4 is 0 Å². The van der Waals surface area contributed by atoms with Crippen LogP contribution in [0.3, 0.4) is 0 Å². The van der Waals surface area contributed by atoms with Gasteiger partial charge in [-0.3, -0.25) is 0 Å². The molecule has 16 heavy (non-hydrogen) atoms. The van der Waals surface area contributed by atoms with Crippen molar-refractivity contribution in [1.29, 1.82) is 0 Å². The maximum Gasteiger partial charge on any atom is 0.0608 e. The number of nitrogens with two attached hydrogens (primary N) is 1. The molecule has 1 aromatic carbocycles. The monoisotopic (exact) mass is 221 g/mol. The van der Waals surface area contributed by atoms with E-state index in [1.54, 1.807) is 0 Å². The fourth-order valence-corrected chi connectivity index (χ4v) is 1.71. The quantitative estimate of drug-likeness (QED) is 0.802. The highest BCUT2D eigenvalue weighted by molar-refractivity contribution is 5.18. The predicted molar refractivity (Wildman–Crippen MR) is 68.3 cm³/mol. The summed E-state index contributed by atoms with van der Waals surface area (Å²) in [5, 5.41) is 10.1. The molecule has 2 heteroatoms. The Morgan fingerprint density at radius 1 is 1.25 bits per heavy atom. The summed E-state index contributed by atoms with van der Waals surface area (Å²) in [6.07, 6.45) is 0.404. The lowest BCUT2D eigenvalue weighted by Gasteiger charge is -2.31. The van der Waals surface area contributed by atoms with Gasteiger partial charge >= 0.3 is 0 Å². The summed E-state index contributed by atoms with van der Waals surface area (Å²) in [7, 11) is 0. The predicted octanol–water partition coefficient (Wildman–Crippen LogP) is 2.53. The van der Waals surface area contributed by atoms with Gasteiger partial charge in [-0.2, -0.15) is 0 Å². The minimum absolute atomic E-state index is 0.205. The summed E-state index contributed by atoms with van der Waals surface area (Å²) in [6, 6.07) is 10.3. The van der Waals surface area contributed by atoms with E-state index >= 15 is 0 Å². The number of rotatable bonds is 5. The molecule has 0 fully saturated rings. The lowest BCUT2D eigenvalue weighted by molar-refractivity contribution is 0.0442. The van der Waals surface area contributed by atoms with Crippen molar-refractivity contribution in [3.8, 4) is 0 Å². The third-order valence-electron chi connectivity index (χ3n) is 3.37. The van der Waals surface area contributed by atoms with Crippen LogP contribution in [-0.2, 0) is 0 Å². The summed E-state index contributed by atoms with van der Waals surface area (Å²) in [5.41, 5.74) is 6.73. The van der Waals surface area contributed by atoms with Crippen LogP contribution in [0.5, 0.6) is 0 Å². The second-order valence-electron chi connectivity index (χ2n) is 5.26. The molecule has 0 bridgehead atoms. The molecule has 0 aliphatic carbocycles. The van der Waals surface area contributed by atoms with Gasteiger partial charge in [-0.25, -0.2) is 0 Å². The van der Waals surface area contributed by atoms with Crippen LogP contribution in [0.25, 0.3) is 0 Å². The van der Waals surface area contributed by atoms with Crippen LogP contribution in [0.4, 0.5) is 0 Å². The van der Waals surface area contributed by atoms with Gasteiger partial charge in [0, 0.05) is 5.41 Å². The zero-order valence-corrected chi connectivity index (χ0v) is 10.5. The zero-order valence-electron chi connectivity index (χ0n) is 10.5. The maximum absolute atomic E-state index is 10.1. The van der Waals surface area contributed by atoms with Gasteiger partial charge in [-0.1, -0.05) is 51.1 Å². The zero-order chi connectivity index (χ0) is 12.2. The highest BCUT2D eigenvalue weighted by Gasteiger charge is 2.27. The van der Waals surface area contributed by atoms with E-state index < -0.39 is 0 Å². The highest BCUT2D eigenvalue weighted by atomic mass is 16.3. The summed E-state index contributed by atoms with van der Waals surface area (Å²) < 4.78 is 0. The summed E-state index contributed by atoms with van der Waals surface area (Å²) in [6.45, 7) is 6.67. The van der Waals surface area contributed by atoms with E-state index in [0.29, 0.717) is 12.5 Å². The van der Waals surface area contributed by atoms with Gasteiger partial charge in [-0.05, 0) is 24.4 Å². The number of aliphatic hydroxyl groups excluding tert-OH is 1. The normalized spacial score (nSPS) is 15.8. The standard InChI is InChI=1S/C14H23NO/c1-11(12-7-5-4-6-8-12)9-13(16)14(2,3)10-15/h4-8,11,13,16H,9-10,15H2,1-3H3. The molecule has 0 aliphatic rings. The Kier molecular flexibility index (Phi) is 4.51. The largest absolute Gasteiger partial charge is 0.392 e. The average molecular weight is 221 g/mol. The molecule has 2 unspecified atom stereocenters. The van der Waals surface area contributed by atoms with Gasteiger partial charge in [0.25, 0.3) is 0 Å². The second kappa shape index (κ2) is 5.46.